The first-order valence-corrected chi connectivity index (χ1v) is 7.49. The minimum absolute atomic E-state index is 0.0660. The molecule has 1 unspecified atom stereocenters. The molecule has 18 heavy (non-hydrogen) atoms. The van der Waals surface area contributed by atoms with E-state index in [1.807, 2.05) is 4.90 Å². The topological polar surface area (TPSA) is 44.1 Å². The summed E-state index contributed by atoms with van der Waals surface area (Å²) in [6, 6.07) is 2.32. The molecule has 2 aliphatic rings. The first kappa shape index (κ1) is 13.4. The average Bonchev–Trinajstić information content (AvgIpc) is 2.38. The van der Waals surface area contributed by atoms with Crippen molar-refractivity contribution in [3.05, 3.63) is 0 Å². The highest BCUT2D eigenvalue weighted by molar-refractivity contribution is 5.79. The van der Waals surface area contributed by atoms with Crippen LogP contribution in [0.15, 0.2) is 0 Å². The van der Waals surface area contributed by atoms with Crippen LogP contribution >= 0.6 is 0 Å². The summed E-state index contributed by atoms with van der Waals surface area (Å²) < 4.78 is 0. The third-order valence-electron chi connectivity index (χ3n) is 4.37. The van der Waals surface area contributed by atoms with Gasteiger partial charge < -0.3 is 4.90 Å². The minimum Gasteiger partial charge on any atom is -0.341 e. The smallest absolute Gasteiger partial charge is 0.225 e. The summed E-state index contributed by atoms with van der Waals surface area (Å²) in [5.74, 6) is 0.635. The largest absolute Gasteiger partial charge is 0.341 e. The molecule has 100 valence electrons. The number of nitrogens with zero attached hydrogens (tertiary/aromatic N) is 2. The molecule has 1 atom stereocenters. The Kier molecular flexibility index (Phi) is 5.04. The van der Waals surface area contributed by atoms with Gasteiger partial charge in [-0.1, -0.05) is 32.1 Å². The van der Waals surface area contributed by atoms with Crippen LogP contribution in [0.2, 0.25) is 0 Å². The van der Waals surface area contributed by atoms with Gasteiger partial charge >= 0.3 is 0 Å². The van der Waals surface area contributed by atoms with Crippen LogP contribution in [0.3, 0.4) is 0 Å². The third kappa shape index (κ3) is 3.48. The zero-order valence-corrected chi connectivity index (χ0v) is 11.2. The Labute approximate surface area is 110 Å². The van der Waals surface area contributed by atoms with Crippen LogP contribution in [0.1, 0.15) is 57.8 Å². The summed E-state index contributed by atoms with van der Waals surface area (Å²) in [4.78, 5) is 14.5. The fourth-order valence-electron chi connectivity index (χ4n) is 3.24. The number of nitriles is 1. The quantitative estimate of drug-likeness (QED) is 0.715. The molecule has 1 aliphatic heterocycles. The van der Waals surface area contributed by atoms with Crippen molar-refractivity contribution >= 4 is 5.91 Å². The summed E-state index contributed by atoms with van der Waals surface area (Å²) in [7, 11) is 0. The molecule has 1 aliphatic carbocycles. The van der Waals surface area contributed by atoms with Gasteiger partial charge in [-0.3, -0.25) is 4.79 Å². The number of hydrogen-bond acceptors (Lipinski definition) is 2. The standard InChI is InChI=1S/C15H24N2O/c16-11-13-7-6-10-17(12-13)15(18)14-8-4-2-1-3-5-9-14/h13-14H,1-10,12H2. The Morgan fingerprint density at radius 2 is 1.67 bits per heavy atom. The maximum atomic E-state index is 12.5. The van der Waals surface area contributed by atoms with Gasteiger partial charge in [0.1, 0.15) is 0 Å². The molecule has 0 aromatic rings. The lowest BCUT2D eigenvalue weighted by Gasteiger charge is -2.33. The Morgan fingerprint density at radius 1 is 1.00 bits per heavy atom. The molecule has 0 radical (unpaired) electrons. The molecule has 3 nitrogen and oxygen atoms in total. The predicted octanol–water partition coefficient (Wildman–Crippen LogP) is 3.11. The molecule has 1 saturated carbocycles. The molecule has 1 saturated heterocycles. The third-order valence-corrected chi connectivity index (χ3v) is 4.37. The number of amides is 1. The highest BCUT2D eigenvalue weighted by atomic mass is 16.2. The first-order valence-electron chi connectivity index (χ1n) is 7.49. The van der Waals surface area contributed by atoms with Crippen molar-refractivity contribution in [2.75, 3.05) is 13.1 Å². The van der Waals surface area contributed by atoms with E-state index >= 15 is 0 Å². The van der Waals surface area contributed by atoms with E-state index in [1.165, 1.54) is 32.1 Å². The summed E-state index contributed by atoms with van der Waals surface area (Å²) in [6.07, 6.45) is 10.4. The second-order valence-corrected chi connectivity index (χ2v) is 5.79. The number of rotatable bonds is 1. The first-order chi connectivity index (χ1) is 8.81. The number of carbonyl (C=O) groups excluding carboxylic acids is 1. The van der Waals surface area contributed by atoms with Gasteiger partial charge in [-0.15, -0.1) is 0 Å². The number of hydrogen-bond donors (Lipinski definition) is 0. The Bertz CT molecular complexity index is 313. The van der Waals surface area contributed by atoms with Crippen LogP contribution in [0.5, 0.6) is 0 Å². The van der Waals surface area contributed by atoms with E-state index in [0.29, 0.717) is 12.5 Å². The highest BCUT2D eigenvalue weighted by Crippen LogP contribution is 2.26. The van der Waals surface area contributed by atoms with E-state index in [2.05, 4.69) is 6.07 Å². The molecule has 0 bridgehead atoms. The second kappa shape index (κ2) is 6.78. The van der Waals surface area contributed by atoms with E-state index in [1.54, 1.807) is 0 Å². The van der Waals surface area contributed by atoms with Gasteiger partial charge in [-0.05, 0) is 25.7 Å². The lowest BCUT2D eigenvalue weighted by Crippen LogP contribution is -2.42. The number of carbonyl (C=O) groups is 1. The van der Waals surface area contributed by atoms with Gasteiger partial charge in [0.2, 0.25) is 5.91 Å². The lowest BCUT2D eigenvalue weighted by atomic mass is 9.89. The van der Waals surface area contributed by atoms with E-state index in [0.717, 1.165) is 32.2 Å². The van der Waals surface area contributed by atoms with Crippen LogP contribution in [0, 0.1) is 23.2 Å². The van der Waals surface area contributed by atoms with Crippen molar-refractivity contribution in [1.82, 2.24) is 4.90 Å². The Morgan fingerprint density at radius 3 is 2.33 bits per heavy atom. The van der Waals surface area contributed by atoms with Gasteiger partial charge in [-0.2, -0.15) is 5.26 Å². The zero-order chi connectivity index (χ0) is 12.8. The summed E-state index contributed by atoms with van der Waals surface area (Å²) >= 11 is 0. The van der Waals surface area contributed by atoms with Crippen LogP contribution in [-0.4, -0.2) is 23.9 Å². The maximum absolute atomic E-state index is 12.5. The number of likely N-dealkylation sites (tertiary alicyclic amines) is 1. The monoisotopic (exact) mass is 248 g/mol. The molecule has 1 heterocycles. The number of piperidine rings is 1. The molecule has 0 aromatic carbocycles. The molecule has 0 N–H and O–H groups in total. The molecular formula is C15H24N2O. The van der Waals surface area contributed by atoms with E-state index in [9.17, 15) is 4.79 Å². The summed E-state index contributed by atoms with van der Waals surface area (Å²) in [5, 5.41) is 9.00. The van der Waals surface area contributed by atoms with Crippen molar-refractivity contribution in [3.8, 4) is 6.07 Å². The molecular weight excluding hydrogens is 224 g/mol. The van der Waals surface area contributed by atoms with Gasteiger partial charge in [0.15, 0.2) is 0 Å². The average molecular weight is 248 g/mol. The maximum Gasteiger partial charge on any atom is 0.225 e. The Hall–Kier alpha value is -1.04. The normalized spacial score (nSPS) is 27.1. The Balaban J connectivity index is 1.90. The molecule has 0 spiro atoms. The summed E-state index contributed by atoms with van der Waals surface area (Å²) in [5.41, 5.74) is 0. The van der Waals surface area contributed by atoms with Crippen molar-refractivity contribution in [2.45, 2.75) is 57.8 Å². The predicted molar refractivity (Wildman–Crippen MR) is 70.7 cm³/mol. The van der Waals surface area contributed by atoms with Crippen molar-refractivity contribution in [2.24, 2.45) is 11.8 Å². The molecule has 1 amide bonds. The van der Waals surface area contributed by atoms with Crippen LogP contribution in [-0.2, 0) is 4.79 Å². The lowest BCUT2D eigenvalue weighted by molar-refractivity contribution is -0.137. The molecule has 0 aromatic heterocycles. The zero-order valence-electron chi connectivity index (χ0n) is 11.2. The molecule has 2 fully saturated rings. The van der Waals surface area contributed by atoms with E-state index in [-0.39, 0.29) is 11.8 Å². The summed E-state index contributed by atoms with van der Waals surface area (Å²) in [6.45, 7) is 1.54. The van der Waals surface area contributed by atoms with E-state index in [4.69, 9.17) is 5.26 Å². The van der Waals surface area contributed by atoms with Crippen LogP contribution in [0.4, 0.5) is 0 Å². The van der Waals surface area contributed by atoms with Gasteiger partial charge in [0.05, 0.1) is 12.0 Å². The van der Waals surface area contributed by atoms with Gasteiger partial charge in [0, 0.05) is 19.0 Å². The van der Waals surface area contributed by atoms with Crippen molar-refractivity contribution in [3.63, 3.8) is 0 Å². The fourth-order valence-corrected chi connectivity index (χ4v) is 3.24. The molecule has 2 rings (SSSR count). The van der Waals surface area contributed by atoms with Gasteiger partial charge in [-0.25, -0.2) is 0 Å². The fraction of sp³-hybridized carbons (Fsp3) is 0.867. The SMILES string of the molecule is N#CC1CCCN(C(=O)C2CCCCCCC2)C1. The van der Waals surface area contributed by atoms with Crippen LogP contribution < -0.4 is 0 Å². The van der Waals surface area contributed by atoms with Crippen LogP contribution in [0.25, 0.3) is 0 Å². The highest BCUT2D eigenvalue weighted by Gasteiger charge is 2.28. The molecule has 3 heteroatoms. The van der Waals surface area contributed by atoms with E-state index < -0.39 is 0 Å². The van der Waals surface area contributed by atoms with Crippen molar-refractivity contribution in [1.29, 1.82) is 5.26 Å². The second-order valence-electron chi connectivity index (χ2n) is 5.79. The minimum atomic E-state index is 0.0660. The van der Waals surface area contributed by atoms with Gasteiger partial charge in [0.25, 0.3) is 0 Å². The van der Waals surface area contributed by atoms with Crippen molar-refractivity contribution < 1.29 is 4.79 Å².